The van der Waals surface area contributed by atoms with Gasteiger partial charge in [0.25, 0.3) is 5.78 Å². The number of fused-ring (bicyclic) bond motifs is 1. The Morgan fingerprint density at radius 1 is 1.35 bits per heavy atom. The average molecular weight is 233 g/mol. The van der Waals surface area contributed by atoms with Gasteiger partial charge >= 0.3 is 0 Å². The molecule has 0 unspecified atom stereocenters. The van der Waals surface area contributed by atoms with Crippen molar-refractivity contribution in [3.05, 3.63) is 18.1 Å². The minimum atomic E-state index is 0.650. The second-order valence-electron chi connectivity index (χ2n) is 4.32. The predicted octanol–water partition coefficient (Wildman–Crippen LogP) is 2.28. The molecule has 0 aliphatic heterocycles. The van der Waals surface area contributed by atoms with Crippen LogP contribution in [-0.4, -0.2) is 26.1 Å². The maximum Gasteiger partial charge on any atom is 0.254 e. The Bertz CT molecular complexity index is 487. The van der Waals surface area contributed by atoms with Crippen LogP contribution in [0.25, 0.3) is 5.78 Å². The largest absolute Gasteiger partial charge is 0.370 e. The van der Waals surface area contributed by atoms with Gasteiger partial charge in [-0.15, -0.1) is 0 Å². The molecule has 0 amide bonds. The van der Waals surface area contributed by atoms with Gasteiger partial charge in [0.1, 0.15) is 12.1 Å². The first-order chi connectivity index (χ1) is 8.24. The number of anilines is 1. The molecular weight excluding hydrogens is 214 g/mol. The highest BCUT2D eigenvalue weighted by atomic mass is 15.3. The molecule has 5 heteroatoms. The third-order valence-electron chi connectivity index (χ3n) is 3.11. The van der Waals surface area contributed by atoms with Gasteiger partial charge in [-0.2, -0.15) is 14.6 Å². The van der Waals surface area contributed by atoms with Gasteiger partial charge < -0.3 is 5.32 Å². The lowest BCUT2D eigenvalue weighted by molar-refractivity contribution is 0.517. The van der Waals surface area contributed by atoms with Crippen LogP contribution in [0.5, 0.6) is 0 Å². The number of aromatic nitrogens is 4. The highest BCUT2D eigenvalue weighted by Crippen LogP contribution is 2.13. The first kappa shape index (κ1) is 11.8. The minimum Gasteiger partial charge on any atom is -0.370 e. The Morgan fingerprint density at radius 3 is 2.82 bits per heavy atom. The molecule has 0 fully saturated rings. The summed E-state index contributed by atoms with van der Waals surface area (Å²) in [6, 6.07) is 2.00. The van der Waals surface area contributed by atoms with Crippen molar-refractivity contribution in [2.45, 2.75) is 33.6 Å². The summed E-state index contributed by atoms with van der Waals surface area (Å²) in [6.45, 7) is 7.37. The zero-order chi connectivity index (χ0) is 12.3. The number of nitrogens with one attached hydrogen (secondary N) is 1. The van der Waals surface area contributed by atoms with Crippen LogP contribution < -0.4 is 5.32 Å². The third-order valence-corrected chi connectivity index (χ3v) is 3.11. The molecule has 0 saturated carbocycles. The van der Waals surface area contributed by atoms with Crippen LogP contribution in [-0.2, 0) is 0 Å². The predicted molar refractivity (Wildman–Crippen MR) is 68.1 cm³/mol. The van der Waals surface area contributed by atoms with Crippen LogP contribution in [0.15, 0.2) is 12.4 Å². The topological polar surface area (TPSA) is 55.1 Å². The molecule has 0 radical (unpaired) electrons. The fourth-order valence-corrected chi connectivity index (χ4v) is 1.88. The third kappa shape index (κ3) is 2.54. The Morgan fingerprint density at radius 2 is 2.12 bits per heavy atom. The fourth-order valence-electron chi connectivity index (χ4n) is 1.88. The molecule has 1 N–H and O–H groups in total. The van der Waals surface area contributed by atoms with Crippen molar-refractivity contribution in [2.75, 3.05) is 11.9 Å². The molecule has 2 rings (SSSR count). The number of hydrogen-bond donors (Lipinski definition) is 1. The monoisotopic (exact) mass is 233 g/mol. The lowest BCUT2D eigenvalue weighted by Crippen LogP contribution is -2.15. The van der Waals surface area contributed by atoms with E-state index < -0.39 is 0 Å². The number of nitrogens with zero attached hydrogens (tertiary/aromatic N) is 4. The second kappa shape index (κ2) is 5.12. The number of aryl methyl sites for hydroxylation is 1. The SMILES string of the molecule is CCC(CC)CNc1cc(C)nc2ncnn12. The van der Waals surface area contributed by atoms with Crippen LogP contribution in [0.3, 0.4) is 0 Å². The highest BCUT2D eigenvalue weighted by Gasteiger charge is 2.07. The highest BCUT2D eigenvalue weighted by molar-refractivity contribution is 5.44. The Hall–Kier alpha value is -1.65. The standard InChI is InChI=1S/C12H19N5/c1-4-10(5-2)7-13-11-6-9(3)16-12-14-8-15-17(11)12/h6,8,10,13H,4-5,7H2,1-3H3. The van der Waals surface area contributed by atoms with Crippen molar-refractivity contribution < 1.29 is 0 Å². The Balaban J connectivity index is 2.20. The van der Waals surface area contributed by atoms with Crippen molar-refractivity contribution in [1.29, 1.82) is 0 Å². The van der Waals surface area contributed by atoms with E-state index >= 15 is 0 Å². The molecule has 2 aromatic heterocycles. The van der Waals surface area contributed by atoms with E-state index in [0.29, 0.717) is 11.7 Å². The molecule has 0 spiro atoms. The van der Waals surface area contributed by atoms with Crippen molar-refractivity contribution in [3.63, 3.8) is 0 Å². The molecular formula is C12H19N5. The summed E-state index contributed by atoms with van der Waals surface area (Å²) in [7, 11) is 0. The maximum atomic E-state index is 4.31. The number of rotatable bonds is 5. The van der Waals surface area contributed by atoms with Crippen molar-refractivity contribution in [1.82, 2.24) is 19.6 Å². The lowest BCUT2D eigenvalue weighted by Gasteiger charge is -2.14. The van der Waals surface area contributed by atoms with Crippen LogP contribution >= 0.6 is 0 Å². The summed E-state index contributed by atoms with van der Waals surface area (Å²) in [5, 5.41) is 7.61. The average Bonchev–Trinajstić information content (AvgIpc) is 2.78. The van der Waals surface area contributed by atoms with Crippen molar-refractivity contribution in [2.24, 2.45) is 5.92 Å². The number of hydrogen-bond acceptors (Lipinski definition) is 4. The van der Waals surface area contributed by atoms with E-state index in [1.54, 1.807) is 4.52 Å². The van der Waals surface area contributed by atoms with E-state index in [4.69, 9.17) is 0 Å². The van der Waals surface area contributed by atoms with E-state index in [1.165, 1.54) is 19.2 Å². The molecule has 2 heterocycles. The smallest absolute Gasteiger partial charge is 0.254 e. The summed E-state index contributed by atoms with van der Waals surface area (Å²) >= 11 is 0. The quantitative estimate of drug-likeness (QED) is 0.860. The van der Waals surface area contributed by atoms with Gasteiger partial charge in [-0.3, -0.25) is 0 Å². The van der Waals surface area contributed by atoms with E-state index in [0.717, 1.165) is 18.1 Å². The van der Waals surface area contributed by atoms with Crippen molar-refractivity contribution >= 4 is 11.6 Å². The molecule has 0 saturated heterocycles. The van der Waals surface area contributed by atoms with Gasteiger partial charge in [0.15, 0.2) is 0 Å². The normalized spacial score (nSPS) is 11.3. The van der Waals surface area contributed by atoms with E-state index in [-0.39, 0.29) is 0 Å². The van der Waals surface area contributed by atoms with E-state index in [2.05, 4.69) is 34.2 Å². The summed E-state index contributed by atoms with van der Waals surface area (Å²) in [4.78, 5) is 8.42. The summed E-state index contributed by atoms with van der Waals surface area (Å²) in [6.07, 6.45) is 3.91. The molecule has 0 aliphatic carbocycles. The summed E-state index contributed by atoms with van der Waals surface area (Å²) in [5.41, 5.74) is 0.956. The van der Waals surface area contributed by atoms with Crippen LogP contribution in [0.1, 0.15) is 32.4 Å². The molecule has 0 aromatic carbocycles. The zero-order valence-corrected chi connectivity index (χ0v) is 10.6. The molecule has 2 aromatic rings. The Kier molecular flexibility index (Phi) is 3.56. The van der Waals surface area contributed by atoms with Gasteiger partial charge in [0, 0.05) is 18.3 Å². The van der Waals surface area contributed by atoms with Crippen LogP contribution in [0.2, 0.25) is 0 Å². The van der Waals surface area contributed by atoms with Crippen LogP contribution in [0, 0.1) is 12.8 Å². The lowest BCUT2D eigenvalue weighted by atomic mass is 10.0. The van der Waals surface area contributed by atoms with Gasteiger partial charge in [-0.05, 0) is 12.8 Å². The summed E-state index contributed by atoms with van der Waals surface area (Å²) in [5.74, 6) is 2.32. The second-order valence-corrected chi connectivity index (χ2v) is 4.32. The maximum absolute atomic E-state index is 4.31. The van der Waals surface area contributed by atoms with E-state index in [9.17, 15) is 0 Å². The molecule has 92 valence electrons. The van der Waals surface area contributed by atoms with Crippen LogP contribution in [0.4, 0.5) is 5.82 Å². The molecule has 0 bridgehead atoms. The minimum absolute atomic E-state index is 0.650. The zero-order valence-electron chi connectivity index (χ0n) is 10.6. The van der Waals surface area contributed by atoms with Gasteiger partial charge in [-0.25, -0.2) is 4.98 Å². The Labute approximate surface area is 101 Å². The van der Waals surface area contributed by atoms with Gasteiger partial charge in [0.05, 0.1) is 0 Å². The first-order valence-electron chi connectivity index (χ1n) is 6.15. The van der Waals surface area contributed by atoms with E-state index in [1.807, 2.05) is 13.0 Å². The molecule has 5 nitrogen and oxygen atoms in total. The van der Waals surface area contributed by atoms with Gasteiger partial charge in [-0.1, -0.05) is 26.7 Å². The van der Waals surface area contributed by atoms with Crippen molar-refractivity contribution in [3.8, 4) is 0 Å². The fraction of sp³-hybridized carbons (Fsp3) is 0.583. The molecule has 0 atom stereocenters. The van der Waals surface area contributed by atoms with Gasteiger partial charge in [0.2, 0.25) is 0 Å². The molecule has 0 aliphatic rings. The summed E-state index contributed by atoms with van der Waals surface area (Å²) < 4.78 is 1.75. The molecule has 17 heavy (non-hydrogen) atoms. The first-order valence-corrected chi connectivity index (χ1v) is 6.15.